The summed E-state index contributed by atoms with van der Waals surface area (Å²) in [7, 11) is 1.62. The van der Waals surface area contributed by atoms with Gasteiger partial charge in [-0.3, -0.25) is 9.59 Å². The molecule has 1 aromatic rings. The molecule has 1 heterocycles. The van der Waals surface area contributed by atoms with Crippen LogP contribution in [0.1, 0.15) is 35.7 Å². The van der Waals surface area contributed by atoms with Gasteiger partial charge in [0.05, 0.1) is 12.5 Å². The van der Waals surface area contributed by atoms with Crippen LogP contribution in [0, 0.1) is 5.92 Å². The van der Waals surface area contributed by atoms with Gasteiger partial charge in [0.2, 0.25) is 0 Å². The third-order valence-corrected chi connectivity index (χ3v) is 3.97. The van der Waals surface area contributed by atoms with Crippen molar-refractivity contribution in [2.45, 2.75) is 32.4 Å². The molecule has 5 heteroatoms. The number of ether oxygens (including phenoxy) is 1. The Morgan fingerprint density at radius 2 is 2.19 bits per heavy atom. The minimum absolute atomic E-state index is 0.0377. The number of hydrogen-bond acceptors (Lipinski definition) is 3. The molecule has 2 rings (SSSR count). The Morgan fingerprint density at radius 3 is 2.81 bits per heavy atom. The van der Waals surface area contributed by atoms with Crippen molar-refractivity contribution in [3.63, 3.8) is 0 Å². The fourth-order valence-electron chi connectivity index (χ4n) is 2.82. The van der Waals surface area contributed by atoms with Crippen LogP contribution in [0.5, 0.6) is 0 Å². The van der Waals surface area contributed by atoms with Crippen LogP contribution >= 0.6 is 0 Å². The first kappa shape index (κ1) is 15.5. The van der Waals surface area contributed by atoms with Crippen molar-refractivity contribution >= 4 is 11.9 Å². The Morgan fingerprint density at radius 1 is 1.43 bits per heavy atom. The van der Waals surface area contributed by atoms with E-state index in [0.29, 0.717) is 31.6 Å². The molecule has 5 nitrogen and oxygen atoms in total. The summed E-state index contributed by atoms with van der Waals surface area (Å²) >= 11 is 0. The van der Waals surface area contributed by atoms with Gasteiger partial charge in [-0.2, -0.15) is 0 Å². The van der Waals surface area contributed by atoms with Crippen LogP contribution < -0.4 is 0 Å². The molecule has 21 heavy (non-hydrogen) atoms. The van der Waals surface area contributed by atoms with Crippen molar-refractivity contribution in [3.05, 3.63) is 35.4 Å². The van der Waals surface area contributed by atoms with Gasteiger partial charge in [-0.25, -0.2) is 0 Å². The number of aliphatic carboxylic acids is 1. The molecular weight excluding hydrogens is 270 g/mol. The summed E-state index contributed by atoms with van der Waals surface area (Å²) < 4.78 is 5.08. The van der Waals surface area contributed by atoms with E-state index in [-0.39, 0.29) is 17.9 Å². The molecule has 0 aromatic heterocycles. The molecule has 1 aliphatic heterocycles. The Bertz CT molecular complexity index is 529. The topological polar surface area (TPSA) is 66.8 Å². The van der Waals surface area contributed by atoms with Crippen molar-refractivity contribution in [2.24, 2.45) is 5.92 Å². The number of benzene rings is 1. The molecule has 1 aromatic carbocycles. The number of likely N-dealkylation sites (tertiary alicyclic amines) is 1. The second-order valence-electron chi connectivity index (χ2n) is 5.54. The van der Waals surface area contributed by atoms with Gasteiger partial charge in [-0.05, 0) is 37.5 Å². The predicted molar refractivity (Wildman–Crippen MR) is 78.0 cm³/mol. The first-order chi connectivity index (χ1) is 10.0. The van der Waals surface area contributed by atoms with Crippen LogP contribution in [-0.2, 0) is 16.1 Å². The van der Waals surface area contributed by atoms with E-state index in [1.807, 2.05) is 25.1 Å². The van der Waals surface area contributed by atoms with Crippen molar-refractivity contribution < 1.29 is 19.4 Å². The van der Waals surface area contributed by atoms with Gasteiger partial charge >= 0.3 is 5.97 Å². The van der Waals surface area contributed by atoms with Crippen LogP contribution in [0.2, 0.25) is 0 Å². The maximum absolute atomic E-state index is 12.6. The number of carboxylic acid groups (broad SMARTS) is 1. The summed E-state index contributed by atoms with van der Waals surface area (Å²) in [5.74, 6) is -1.15. The van der Waals surface area contributed by atoms with Crippen LogP contribution in [0.4, 0.5) is 0 Å². The zero-order valence-electron chi connectivity index (χ0n) is 12.4. The fraction of sp³-hybridized carbons (Fsp3) is 0.500. The molecule has 0 saturated carbocycles. The van der Waals surface area contributed by atoms with Gasteiger partial charge in [-0.15, -0.1) is 0 Å². The van der Waals surface area contributed by atoms with E-state index in [4.69, 9.17) is 9.84 Å². The number of carboxylic acids is 1. The molecule has 1 N–H and O–H groups in total. The summed E-state index contributed by atoms with van der Waals surface area (Å²) in [6.45, 7) is 2.87. The number of carbonyl (C=O) groups is 2. The van der Waals surface area contributed by atoms with Gasteiger partial charge in [0, 0.05) is 25.3 Å². The fourth-order valence-corrected chi connectivity index (χ4v) is 2.82. The average Bonchev–Trinajstić information content (AvgIpc) is 2.47. The number of rotatable bonds is 4. The van der Waals surface area contributed by atoms with E-state index >= 15 is 0 Å². The van der Waals surface area contributed by atoms with Gasteiger partial charge in [0.15, 0.2) is 0 Å². The third kappa shape index (κ3) is 3.61. The first-order valence-electron chi connectivity index (χ1n) is 7.14. The normalized spacial score (nSPS) is 22.1. The SMILES string of the molecule is COCc1cccc(C(=O)N2CCC(C(=O)O)CC2C)c1. The minimum atomic E-state index is -0.768. The Labute approximate surface area is 124 Å². The summed E-state index contributed by atoms with van der Waals surface area (Å²) in [6.07, 6.45) is 1.03. The molecule has 2 atom stereocenters. The lowest BCUT2D eigenvalue weighted by molar-refractivity contribution is -0.143. The lowest BCUT2D eigenvalue weighted by Gasteiger charge is -2.36. The molecule has 0 bridgehead atoms. The summed E-state index contributed by atoms with van der Waals surface area (Å²) in [5.41, 5.74) is 1.58. The van der Waals surface area contributed by atoms with Crippen LogP contribution in [0.15, 0.2) is 24.3 Å². The van der Waals surface area contributed by atoms with E-state index in [0.717, 1.165) is 5.56 Å². The zero-order chi connectivity index (χ0) is 15.4. The second-order valence-corrected chi connectivity index (χ2v) is 5.54. The molecule has 114 valence electrons. The number of nitrogens with zero attached hydrogens (tertiary/aromatic N) is 1. The van der Waals surface area contributed by atoms with E-state index in [2.05, 4.69) is 0 Å². The van der Waals surface area contributed by atoms with Gasteiger partial charge in [0.25, 0.3) is 5.91 Å². The molecule has 0 spiro atoms. The molecule has 0 radical (unpaired) electrons. The average molecular weight is 291 g/mol. The van der Waals surface area contributed by atoms with E-state index in [9.17, 15) is 9.59 Å². The minimum Gasteiger partial charge on any atom is -0.481 e. The van der Waals surface area contributed by atoms with E-state index in [1.165, 1.54) is 0 Å². The molecule has 2 unspecified atom stereocenters. The smallest absolute Gasteiger partial charge is 0.306 e. The van der Waals surface area contributed by atoms with Crippen molar-refractivity contribution in [1.82, 2.24) is 4.90 Å². The number of methoxy groups -OCH3 is 1. The Hall–Kier alpha value is -1.88. The first-order valence-corrected chi connectivity index (χ1v) is 7.14. The van der Waals surface area contributed by atoms with Gasteiger partial charge in [-0.1, -0.05) is 12.1 Å². The summed E-state index contributed by atoms with van der Waals surface area (Å²) in [5, 5.41) is 9.08. The molecule has 1 saturated heterocycles. The highest BCUT2D eigenvalue weighted by Gasteiger charge is 2.32. The molecular formula is C16H21NO4. The van der Waals surface area contributed by atoms with Crippen LogP contribution in [0.3, 0.4) is 0 Å². The maximum atomic E-state index is 12.6. The zero-order valence-corrected chi connectivity index (χ0v) is 12.4. The highest BCUT2D eigenvalue weighted by atomic mass is 16.5. The van der Waals surface area contributed by atoms with Crippen LogP contribution in [-0.4, -0.2) is 41.6 Å². The van der Waals surface area contributed by atoms with Crippen molar-refractivity contribution in [3.8, 4) is 0 Å². The lowest BCUT2D eigenvalue weighted by atomic mass is 9.91. The number of piperidine rings is 1. The van der Waals surface area contributed by atoms with Gasteiger partial charge < -0.3 is 14.7 Å². The van der Waals surface area contributed by atoms with E-state index < -0.39 is 5.97 Å². The Kier molecular flexibility index (Phi) is 4.96. The standard InChI is InChI=1S/C16H21NO4/c1-11-8-14(16(19)20)6-7-17(11)15(18)13-5-3-4-12(9-13)10-21-2/h3-5,9,11,14H,6-8,10H2,1-2H3,(H,19,20). The van der Waals surface area contributed by atoms with Crippen LogP contribution in [0.25, 0.3) is 0 Å². The summed E-state index contributed by atoms with van der Waals surface area (Å²) in [6, 6.07) is 7.33. The summed E-state index contributed by atoms with van der Waals surface area (Å²) in [4.78, 5) is 25.4. The third-order valence-electron chi connectivity index (χ3n) is 3.97. The van der Waals surface area contributed by atoms with Crippen molar-refractivity contribution in [2.75, 3.05) is 13.7 Å². The Balaban J connectivity index is 2.10. The van der Waals surface area contributed by atoms with Crippen molar-refractivity contribution in [1.29, 1.82) is 0 Å². The van der Waals surface area contributed by atoms with Gasteiger partial charge in [0.1, 0.15) is 0 Å². The van der Waals surface area contributed by atoms with E-state index in [1.54, 1.807) is 18.1 Å². The predicted octanol–water partition coefficient (Wildman–Crippen LogP) is 2.16. The largest absolute Gasteiger partial charge is 0.481 e. The highest BCUT2D eigenvalue weighted by Crippen LogP contribution is 2.24. The molecule has 1 amide bonds. The second kappa shape index (κ2) is 6.72. The molecule has 1 aliphatic rings. The maximum Gasteiger partial charge on any atom is 0.306 e. The number of carbonyl (C=O) groups excluding carboxylic acids is 1. The number of amides is 1. The lowest BCUT2D eigenvalue weighted by Crippen LogP contribution is -2.46. The number of hydrogen-bond donors (Lipinski definition) is 1. The molecule has 0 aliphatic carbocycles. The monoisotopic (exact) mass is 291 g/mol. The quantitative estimate of drug-likeness (QED) is 0.923. The molecule has 1 fully saturated rings. The highest BCUT2D eigenvalue weighted by molar-refractivity contribution is 5.94.